The van der Waals surface area contributed by atoms with Gasteiger partial charge in [0.1, 0.15) is 5.82 Å². The molecule has 0 bridgehead atoms. The zero-order valence-corrected chi connectivity index (χ0v) is 19.7. The van der Waals surface area contributed by atoms with Gasteiger partial charge in [0.2, 0.25) is 5.91 Å². The Morgan fingerprint density at radius 3 is 2.73 bits per heavy atom. The Bertz CT molecular complexity index is 1200. The molecule has 1 N–H and O–H groups in total. The van der Waals surface area contributed by atoms with E-state index >= 15 is 0 Å². The minimum absolute atomic E-state index is 0.0451. The zero-order chi connectivity index (χ0) is 22.6. The maximum absolute atomic E-state index is 12.5. The first-order chi connectivity index (χ1) is 16.2. The van der Waals surface area contributed by atoms with E-state index in [1.807, 2.05) is 36.5 Å². The van der Waals surface area contributed by atoms with Gasteiger partial charge in [-0.3, -0.25) is 9.69 Å². The van der Waals surface area contributed by atoms with Crippen molar-refractivity contribution in [3.8, 4) is 0 Å². The SMILES string of the molecule is C[C@@H](NC(=O)CCc1ccccc1)c1nnc2n1CCN(Cc1cc3ccccc3s1)CC2. The van der Waals surface area contributed by atoms with Gasteiger partial charge in [0.15, 0.2) is 5.82 Å². The Labute approximate surface area is 198 Å². The van der Waals surface area contributed by atoms with E-state index in [2.05, 4.69) is 67.4 Å². The van der Waals surface area contributed by atoms with Crippen molar-refractivity contribution in [3.05, 3.63) is 82.8 Å². The average molecular weight is 460 g/mol. The van der Waals surface area contributed by atoms with Gasteiger partial charge < -0.3 is 9.88 Å². The molecule has 2 aromatic carbocycles. The molecule has 1 amide bonds. The van der Waals surface area contributed by atoms with Crippen molar-refractivity contribution in [1.82, 2.24) is 25.0 Å². The summed E-state index contributed by atoms with van der Waals surface area (Å²) in [6, 6.07) is 20.8. The Kier molecular flexibility index (Phi) is 6.51. The molecule has 1 aliphatic rings. The van der Waals surface area contributed by atoms with Gasteiger partial charge in [-0.15, -0.1) is 21.5 Å². The second-order valence-electron chi connectivity index (χ2n) is 8.68. The van der Waals surface area contributed by atoms with Crippen LogP contribution in [0.3, 0.4) is 0 Å². The lowest BCUT2D eigenvalue weighted by Gasteiger charge is -2.19. The van der Waals surface area contributed by atoms with Crippen LogP contribution in [0.15, 0.2) is 60.7 Å². The molecule has 170 valence electrons. The summed E-state index contributed by atoms with van der Waals surface area (Å²) in [6.07, 6.45) is 2.08. The largest absolute Gasteiger partial charge is 0.346 e. The summed E-state index contributed by atoms with van der Waals surface area (Å²) >= 11 is 1.88. The second kappa shape index (κ2) is 9.85. The van der Waals surface area contributed by atoms with Crippen LogP contribution in [0.2, 0.25) is 0 Å². The summed E-state index contributed by atoms with van der Waals surface area (Å²) in [6.45, 7) is 5.70. The number of hydrogen-bond donors (Lipinski definition) is 1. The van der Waals surface area contributed by atoms with Gasteiger partial charge in [-0.25, -0.2) is 0 Å². The van der Waals surface area contributed by atoms with Gasteiger partial charge in [-0.2, -0.15) is 0 Å². The van der Waals surface area contributed by atoms with Gasteiger partial charge in [-0.1, -0.05) is 48.5 Å². The molecule has 0 unspecified atom stereocenters. The van der Waals surface area contributed by atoms with Crippen LogP contribution in [-0.2, 0) is 30.7 Å². The van der Waals surface area contributed by atoms with Crippen LogP contribution >= 0.6 is 11.3 Å². The van der Waals surface area contributed by atoms with E-state index in [4.69, 9.17) is 0 Å². The van der Waals surface area contributed by atoms with Crippen LogP contribution in [0.1, 0.15) is 41.5 Å². The summed E-state index contributed by atoms with van der Waals surface area (Å²) in [5, 5.41) is 13.3. The van der Waals surface area contributed by atoms with E-state index < -0.39 is 0 Å². The quantitative estimate of drug-likeness (QED) is 0.446. The highest BCUT2D eigenvalue weighted by molar-refractivity contribution is 7.19. The maximum atomic E-state index is 12.5. The molecule has 0 radical (unpaired) electrons. The number of aryl methyl sites for hydroxylation is 1. The van der Waals surface area contributed by atoms with Crippen LogP contribution in [0.25, 0.3) is 10.1 Å². The molecule has 7 heteroatoms. The molecular formula is C26H29N5OS. The number of benzene rings is 2. The first-order valence-electron chi connectivity index (χ1n) is 11.6. The van der Waals surface area contributed by atoms with Gasteiger partial charge >= 0.3 is 0 Å². The van der Waals surface area contributed by atoms with Crippen molar-refractivity contribution in [2.24, 2.45) is 0 Å². The lowest BCUT2D eigenvalue weighted by molar-refractivity contribution is -0.121. The van der Waals surface area contributed by atoms with Gasteiger partial charge in [-0.05, 0) is 36.4 Å². The minimum atomic E-state index is -0.163. The highest BCUT2D eigenvalue weighted by Gasteiger charge is 2.23. The standard InChI is InChI=1S/C26H29N5OS/c1-19(27-25(32)12-11-20-7-3-2-4-8-20)26-29-28-24-13-14-30(15-16-31(24)26)18-22-17-21-9-5-6-10-23(21)33-22/h2-10,17,19H,11-16,18H2,1H3,(H,27,32)/t19-/m1/s1. The highest BCUT2D eigenvalue weighted by Crippen LogP contribution is 2.27. The summed E-state index contributed by atoms with van der Waals surface area (Å²) in [7, 11) is 0. The maximum Gasteiger partial charge on any atom is 0.220 e. The van der Waals surface area contributed by atoms with Crippen LogP contribution in [-0.4, -0.2) is 38.7 Å². The van der Waals surface area contributed by atoms with Gasteiger partial charge in [0, 0.05) is 48.6 Å². The topological polar surface area (TPSA) is 63.1 Å². The normalized spacial score (nSPS) is 15.2. The minimum Gasteiger partial charge on any atom is -0.346 e. The lowest BCUT2D eigenvalue weighted by Crippen LogP contribution is -2.30. The Hall–Kier alpha value is -3.03. The molecule has 6 nitrogen and oxygen atoms in total. The molecule has 5 rings (SSSR count). The van der Waals surface area contributed by atoms with Crippen LogP contribution in [0, 0.1) is 0 Å². The number of rotatable bonds is 7. The smallest absolute Gasteiger partial charge is 0.220 e. The number of amides is 1. The number of carbonyl (C=O) groups excluding carboxylic acids is 1. The summed E-state index contributed by atoms with van der Waals surface area (Å²) in [5.41, 5.74) is 1.18. The van der Waals surface area contributed by atoms with E-state index in [1.165, 1.54) is 20.5 Å². The van der Waals surface area contributed by atoms with E-state index in [1.54, 1.807) is 0 Å². The number of thiophene rings is 1. The fourth-order valence-corrected chi connectivity index (χ4v) is 5.59. The predicted octanol–water partition coefficient (Wildman–Crippen LogP) is 4.36. The predicted molar refractivity (Wildman–Crippen MR) is 132 cm³/mol. The summed E-state index contributed by atoms with van der Waals surface area (Å²) < 4.78 is 3.55. The molecular weight excluding hydrogens is 430 g/mol. The van der Waals surface area contributed by atoms with E-state index in [0.29, 0.717) is 6.42 Å². The molecule has 0 saturated carbocycles. The number of hydrogen-bond acceptors (Lipinski definition) is 5. The summed E-state index contributed by atoms with van der Waals surface area (Å²) in [4.78, 5) is 16.4. The fourth-order valence-electron chi connectivity index (χ4n) is 4.48. The van der Waals surface area contributed by atoms with Crippen molar-refractivity contribution in [1.29, 1.82) is 0 Å². The molecule has 0 saturated heterocycles. The first kappa shape index (κ1) is 21.8. The van der Waals surface area contributed by atoms with E-state index in [0.717, 1.165) is 50.7 Å². The third kappa shape index (κ3) is 5.15. The molecule has 1 atom stereocenters. The van der Waals surface area contributed by atoms with Crippen molar-refractivity contribution in [2.45, 2.75) is 45.3 Å². The number of aromatic nitrogens is 3. The molecule has 1 aliphatic heterocycles. The molecule has 4 aromatic rings. The summed E-state index contributed by atoms with van der Waals surface area (Å²) in [5.74, 6) is 1.90. The molecule has 33 heavy (non-hydrogen) atoms. The van der Waals surface area contributed by atoms with Crippen molar-refractivity contribution in [2.75, 3.05) is 13.1 Å². The Morgan fingerprint density at radius 2 is 1.88 bits per heavy atom. The Balaban J connectivity index is 1.18. The van der Waals surface area contributed by atoms with Gasteiger partial charge in [0.25, 0.3) is 0 Å². The van der Waals surface area contributed by atoms with Gasteiger partial charge in [0.05, 0.1) is 6.04 Å². The number of fused-ring (bicyclic) bond motifs is 2. The van der Waals surface area contributed by atoms with Crippen LogP contribution in [0.4, 0.5) is 0 Å². The van der Waals surface area contributed by atoms with Crippen molar-refractivity contribution < 1.29 is 4.79 Å². The van der Waals surface area contributed by atoms with Crippen molar-refractivity contribution >= 4 is 27.3 Å². The molecule has 0 aliphatic carbocycles. The van der Waals surface area contributed by atoms with Crippen molar-refractivity contribution in [3.63, 3.8) is 0 Å². The molecule has 0 spiro atoms. The molecule has 0 fully saturated rings. The second-order valence-corrected chi connectivity index (χ2v) is 9.85. The number of nitrogens with zero attached hydrogens (tertiary/aromatic N) is 4. The molecule has 3 heterocycles. The number of nitrogens with one attached hydrogen (secondary N) is 1. The third-order valence-electron chi connectivity index (χ3n) is 6.25. The van der Waals surface area contributed by atoms with E-state index in [9.17, 15) is 4.79 Å². The third-order valence-corrected chi connectivity index (χ3v) is 7.35. The zero-order valence-electron chi connectivity index (χ0n) is 18.9. The lowest BCUT2D eigenvalue weighted by atomic mass is 10.1. The number of carbonyl (C=O) groups is 1. The Morgan fingerprint density at radius 1 is 1.06 bits per heavy atom. The molecule has 2 aromatic heterocycles. The monoisotopic (exact) mass is 459 g/mol. The highest BCUT2D eigenvalue weighted by atomic mass is 32.1. The first-order valence-corrected chi connectivity index (χ1v) is 12.4. The fraction of sp³-hybridized carbons (Fsp3) is 0.346. The van der Waals surface area contributed by atoms with E-state index in [-0.39, 0.29) is 11.9 Å². The average Bonchev–Trinajstić information content (AvgIpc) is 3.38. The van der Waals surface area contributed by atoms with Crippen LogP contribution in [0.5, 0.6) is 0 Å². The van der Waals surface area contributed by atoms with Crippen LogP contribution < -0.4 is 5.32 Å².